The molecule has 8 nitrogen and oxygen atoms in total. The fourth-order valence-electron chi connectivity index (χ4n) is 6.49. The van der Waals surface area contributed by atoms with Gasteiger partial charge in [-0.3, -0.25) is 9.97 Å². The lowest BCUT2D eigenvalue weighted by Crippen LogP contribution is -2.11. The number of esters is 1. The summed E-state index contributed by atoms with van der Waals surface area (Å²) in [4.78, 5) is 32.5. The number of ether oxygens (including phenoxy) is 2. The Morgan fingerprint density at radius 3 is 1.45 bits per heavy atom. The van der Waals surface area contributed by atoms with E-state index in [1.54, 1.807) is 44.0 Å². The Hall–Kier alpha value is -6.28. The van der Waals surface area contributed by atoms with Crippen LogP contribution in [-0.4, -0.2) is 46.3 Å². The summed E-state index contributed by atoms with van der Waals surface area (Å²) < 4.78 is 10.6. The van der Waals surface area contributed by atoms with Crippen LogP contribution in [0.25, 0.3) is 44.5 Å². The van der Waals surface area contributed by atoms with Crippen LogP contribution in [0.3, 0.4) is 0 Å². The number of methoxy groups -OCH3 is 2. The number of phenols is 1. The normalized spacial score (nSPS) is 11.3. The van der Waals surface area contributed by atoms with E-state index in [1.807, 2.05) is 43.3 Å². The molecule has 0 spiro atoms. The number of benzene rings is 4. The van der Waals surface area contributed by atoms with E-state index in [9.17, 15) is 19.8 Å². The van der Waals surface area contributed by atoms with Crippen molar-refractivity contribution in [1.29, 1.82) is 0 Å². The van der Waals surface area contributed by atoms with Crippen molar-refractivity contribution in [3.05, 3.63) is 143 Å². The maximum atomic E-state index is 12.5. The van der Waals surface area contributed by atoms with E-state index >= 15 is 0 Å². The summed E-state index contributed by atoms with van der Waals surface area (Å²) in [6, 6.07) is 27.4. The molecule has 0 bridgehead atoms. The van der Waals surface area contributed by atoms with E-state index in [-0.39, 0.29) is 22.1 Å². The van der Waals surface area contributed by atoms with Crippen LogP contribution in [0.1, 0.15) is 84.5 Å². The van der Waals surface area contributed by atoms with Gasteiger partial charge in [0.15, 0.2) is 0 Å². The third-order valence-corrected chi connectivity index (χ3v) is 9.54. The zero-order valence-corrected chi connectivity index (χ0v) is 33.8. The van der Waals surface area contributed by atoms with Gasteiger partial charge in [0, 0.05) is 47.0 Å². The van der Waals surface area contributed by atoms with Crippen LogP contribution in [0.15, 0.2) is 110 Å². The van der Waals surface area contributed by atoms with Crippen LogP contribution in [0.4, 0.5) is 0 Å². The first-order valence-corrected chi connectivity index (χ1v) is 18.4. The van der Waals surface area contributed by atoms with Gasteiger partial charge < -0.3 is 19.7 Å². The summed E-state index contributed by atoms with van der Waals surface area (Å²) in [6.45, 7) is 17.1. The van der Waals surface area contributed by atoms with Crippen LogP contribution in [0.2, 0.25) is 0 Å². The summed E-state index contributed by atoms with van der Waals surface area (Å²) in [7, 11) is 2.94. The molecule has 6 rings (SSSR count). The molecule has 2 N–H and O–H groups in total. The van der Waals surface area contributed by atoms with Crippen molar-refractivity contribution in [3.8, 4) is 56.0 Å². The monoisotopic (exact) mass is 750 g/mol. The topological polar surface area (TPSA) is 119 Å². The molecule has 0 amide bonds. The highest BCUT2D eigenvalue weighted by Gasteiger charge is 2.23. The maximum absolute atomic E-state index is 12.5. The summed E-state index contributed by atoms with van der Waals surface area (Å²) >= 11 is 0. The van der Waals surface area contributed by atoms with Gasteiger partial charge in [-0.2, -0.15) is 0 Å². The SMILES string of the molecule is COC(=O)c1cc(-c2cc(C)cc(C(C)(C)C)c2)cc(-c2cccnc2)c1OC.Cc1cc(-c2cc(C(=O)O)c(O)c(-c3cccnc3)c2)cc(C(C)(C)C)c1. The van der Waals surface area contributed by atoms with Crippen LogP contribution >= 0.6 is 0 Å². The first kappa shape index (κ1) is 40.9. The van der Waals surface area contributed by atoms with Gasteiger partial charge in [0.2, 0.25) is 0 Å². The number of aromatic nitrogens is 2. The second kappa shape index (κ2) is 16.6. The van der Waals surface area contributed by atoms with Crippen LogP contribution in [0, 0.1) is 13.8 Å². The van der Waals surface area contributed by atoms with Crippen molar-refractivity contribution < 1.29 is 29.3 Å². The lowest BCUT2D eigenvalue weighted by atomic mass is 9.84. The molecular weight excluding hydrogens is 701 g/mol. The van der Waals surface area contributed by atoms with E-state index in [4.69, 9.17) is 9.47 Å². The summed E-state index contributed by atoms with van der Waals surface area (Å²) in [5.74, 6) is -1.36. The standard InChI is InChI=1S/C25H27NO3.C23H23NO3/c1-16-10-18(12-20(11-16)25(2,3)4)19-13-21(17-8-7-9-26-15-17)23(28-5)22(14-19)24(27)29-6;1-14-8-16(10-18(9-14)23(2,3)4)17-11-19(15-6-5-7-24-13-15)21(25)20(12-17)22(26)27/h7-15H,1-6H3;5-13,25H,1-4H3,(H,26,27). The quantitative estimate of drug-likeness (QED) is 0.155. The van der Waals surface area contributed by atoms with Crippen molar-refractivity contribution in [2.75, 3.05) is 14.2 Å². The second-order valence-electron chi connectivity index (χ2n) is 16.0. The smallest absolute Gasteiger partial charge is 0.341 e. The highest BCUT2D eigenvalue weighted by Crippen LogP contribution is 2.40. The van der Waals surface area contributed by atoms with Gasteiger partial charge in [0.05, 0.1) is 14.2 Å². The molecule has 2 heterocycles. The number of aromatic carboxylic acids is 1. The summed E-state index contributed by atoms with van der Waals surface area (Å²) in [5.41, 5.74) is 11.4. The number of aryl methyl sites for hydroxylation is 2. The first-order valence-electron chi connectivity index (χ1n) is 18.4. The van der Waals surface area contributed by atoms with Crippen molar-refractivity contribution >= 4 is 11.9 Å². The number of carboxylic acids is 1. The number of nitrogens with zero attached hydrogens (tertiary/aromatic N) is 2. The minimum absolute atomic E-state index is 0.0185. The van der Waals surface area contributed by atoms with E-state index in [1.165, 1.54) is 29.9 Å². The lowest BCUT2D eigenvalue weighted by molar-refractivity contribution is 0.0596. The van der Waals surface area contributed by atoms with Crippen molar-refractivity contribution in [2.45, 2.75) is 66.2 Å². The Bertz CT molecular complexity index is 2370. The fraction of sp³-hybridized carbons (Fsp3) is 0.250. The first-order chi connectivity index (χ1) is 26.4. The molecule has 0 saturated carbocycles. The Kier molecular flexibility index (Phi) is 12.1. The third-order valence-electron chi connectivity index (χ3n) is 9.54. The molecule has 0 fully saturated rings. The average molecular weight is 751 g/mol. The van der Waals surface area contributed by atoms with E-state index in [0.717, 1.165) is 38.9 Å². The number of carboxylic acid groups (broad SMARTS) is 1. The van der Waals surface area contributed by atoms with Gasteiger partial charge in [-0.25, -0.2) is 9.59 Å². The third kappa shape index (κ3) is 9.32. The fourth-order valence-corrected chi connectivity index (χ4v) is 6.49. The highest BCUT2D eigenvalue weighted by atomic mass is 16.5. The number of carbonyl (C=O) groups is 2. The molecule has 0 aliphatic carbocycles. The molecule has 6 aromatic rings. The highest BCUT2D eigenvalue weighted by molar-refractivity contribution is 5.98. The molecule has 4 aromatic carbocycles. The molecule has 0 saturated heterocycles. The molecule has 0 atom stereocenters. The van der Waals surface area contributed by atoms with E-state index in [2.05, 4.69) is 88.8 Å². The summed E-state index contributed by atoms with van der Waals surface area (Å²) in [5, 5.41) is 20.1. The van der Waals surface area contributed by atoms with E-state index < -0.39 is 11.9 Å². The van der Waals surface area contributed by atoms with Gasteiger partial charge in [-0.1, -0.05) is 101 Å². The molecule has 0 unspecified atom stereocenters. The minimum atomic E-state index is -1.16. The van der Waals surface area contributed by atoms with Gasteiger partial charge in [-0.05, 0) is 94.5 Å². The van der Waals surface area contributed by atoms with Crippen molar-refractivity contribution in [3.63, 3.8) is 0 Å². The number of hydrogen-bond acceptors (Lipinski definition) is 7. The number of aromatic hydroxyl groups is 1. The zero-order valence-electron chi connectivity index (χ0n) is 33.8. The predicted octanol–water partition coefficient (Wildman–Crippen LogP) is 11.2. The Morgan fingerprint density at radius 2 is 1.04 bits per heavy atom. The van der Waals surface area contributed by atoms with Gasteiger partial charge in [0.25, 0.3) is 0 Å². The van der Waals surface area contributed by atoms with Crippen molar-refractivity contribution in [1.82, 2.24) is 9.97 Å². The molecule has 8 heteroatoms. The molecule has 2 aromatic heterocycles. The Balaban J connectivity index is 0.000000215. The average Bonchev–Trinajstić information content (AvgIpc) is 3.16. The summed E-state index contributed by atoms with van der Waals surface area (Å²) in [6.07, 6.45) is 6.73. The Labute approximate surface area is 329 Å². The minimum Gasteiger partial charge on any atom is -0.506 e. The Morgan fingerprint density at radius 1 is 0.589 bits per heavy atom. The zero-order chi connectivity index (χ0) is 40.9. The molecule has 0 aliphatic rings. The molecule has 56 heavy (non-hydrogen) atoms. The van der Waals surface area contributed by atoms with Crippen LogP contribution in [0.5, 0.6) is 11.5 Å². The van der Waals surface area contributed by atoms with Crippen LogP contribution < -0.4 is 4.74 Å². The molecule has 0 aliphatic heterocycles. The molecule has 0 radical (unpaired) electrons. The maximum Gasteiger partial charge on any atom is 0.341 e. The second-order valence-corrected chi connectivity index (χ2v) is 16.0. The number of carbonyl (C=O) groups excluding carboxylic acids is 1. The number of hydrogen-bond donors (Lipinski definition) is 2. The predicted molar refractivity (Wildman–Crippen MR) is 224 cm³/mol. The van der Waals surface area contributed by atoms with Gasteiger partial charge in [-0.15, -0.1) is 0 Å². The molecule has 288 valence electrons. The van der Waals surface area contributed by atoms with Crippen molar-refractivity contribution in [2.24, 2.45) is 0 Å². The number of rotatable bonds is 7. The molecular formula is C48H50N2O6. The van der Waals surface area contributed by atoms with Gasteiger partial charge >= 0.3 is 11.9 Å². The number of pyridine rings is 2. The van der Waals surface area contributed by atoms with Gasteiger partial charge in [0.1, 0.15) is 22.6 Å². The van der Waals surface area contributed by atoms with Crippen LogP contribution in [-0.2, 0) is 15.6 Å². The van der Waals surface area contributed by atoms with E-state index in [0.29, 0.717) is 22.4 Å². The largest absolute Gasteiger partial charge is 0.506 e. The lowest BCUT2D eigenvalue weighted by Gasteiger charge is -2.21.